The first-order valence-electron chi connectivity index (χ1n) is 9.96. The smallest absolute Gasteiger partial charge is 0.242 e. The number of hydrogen-bond acceptors (Lipinski definition) is 3. The average Bonchev–Trinajstić information content (AvgIpc) is 2.71. The fraction of sp³-hybridized carbons (Fsp3) is 0.391. The standard InChI is InChI=1S/C23H28BrClN2O2S/c1-16(2)14-26-23(29)17(3)27(15-18-5-4-6-19(24)13-18)22(28)11-12-30-21-9-7-20(25)8-10-21/h4-10,13,16-17H,11-12,14-15H2,1-3H3,(H,26,29). The van der Waals surface area contributed by atoms with Crippen molar-refractivity contribution < 1.29 is 9.59 Å². The molecule has 2 aromatic carbocycles. The van der Waals surface area contributed by atoms with E-state index in [2.05, 4.69) is 21.2 Å². The van der Waals surface area contributed by atoms with E-state index in [0.29, 0.717) is 36.2 Å². The van der Waals surface area contributed by atoms with Gasteiger partial charge in [0.2, 0.25) is 11.8 Å². The zero-order chi connectivity index (χ0) is 22.1. The van der Waals surface area contributed by atoms with E-state index in [9.17, 15) is 9.59 Å². The summed E-state index contributed by atoms with van der Waals surface area (Å²) < 4.78 is 0.947. The molecule has 0 saturated heterocycles. The van der Waals surface area contributed by atoms with Gasteiger partial charge in [0, 0.05) is 39.7 Å². The molecule has 4 nitrogen and oxygen atoms in total. The number of thioether (sulfide) groups is 1. The zero-order valence-corrected chi connectivity index (χ0v) is 20.7. The molecule has 7 heteroatoms. The van der Waals surface area contributed by atoms with E-state index >= 15 is 0 Å². The normalized spacial score (nSPS) is 11.9. The Labute approximate surface area is 196 Å². The molecular formula is C23H28BrClN2O2S. The van der Waals surface area contributed by atoms with E-state index < -0.39 is 6.04 Å². The summed E-state index contributed by atoms with van der Waals surface area (Å²) in [6.45, 7) is 6.86. The molecule has 162 valence electrons. The summed E-state index contributed by atoms with van der Waals surface area (Å²) in [7, 11) is 0. The molecule has 0 fully saturated rings. The van der Waals surface area contributed by atoms with E-state index in [0.717, 1.165) is 14.9 Å². The van der Waals surface area contributed by atoms with Crippen LogP contribution >= 0.6 is 39.3 Å². The first-order chi connectivity index (χ1) is 14.3. The number of hydrogen-bond donors (Lipinski definition) is 1. The number of amides is 2. The van der Waals surface area contributed by atoms with E-state index in [4.69, 9.17) is 11.6 Å². The van der Waals surface area contributed by atoms with Gasteiger partial charge in [-0.3, -0.25) is 9.59 Å². The Morgan fingerprint density at radius 3 is 2.47 bits per heavy atom. The first kappa shape index (κ1) is 24.8. The summed E-state index contributed by atoms with van der Waals surface area (Å²) in [5.74, 6) is 0.822. The Bertz CT molecular complexity index is 845. The van der Waals surface area contributed by atoms with Crippen molar-refractivity contribution in [1.82, 2.24) is 10.2 Å². The summed E-state index contributed by atoms with van der Waals surface area (Å²) in [4.78, 5) is 28.4. The van der Waals surface area contributed by atoms with Crippen molar-refractivity contribution in [3.05, 3.63) is 63.6 Å². The van der Waals surface area contributed by atoms with Crippen LogP contribution in [0.2, 0.25) is 5.02 Å². The Balaban J connectivity index is 2.05. The second-order valence-corrected chi connectivity index (χ2v) is 10.0. The highest BCUT2D eigenvalue weighted by atomic mass is 79.9. The van der Waals surface area contributed by atoms with Crippen molar-refractivity contribution >= 4 is 51.1 Å². The van der Waals surface area contributed by atoms with E-state index in [-0.39, 0.29) is 11.8 Å². The molecule has 0 aliphatic carbocycles. The third-order valence-corrected chi connectivity index (χ3v) is 6.25. The molecule has 0 aromatic heterocycles. The molecule has 1 N–H and O–H groups in total. The lowest BCUT2D eigenvalue weighted by molar-refractivity contribution is -0.140. The minimum Gasteiger partial charge on any atom is -0.354 e. The minimum absolute atomic E-state index is 0.0383. The Morgan fingerprint density at radius 1 is 1.13 bits per heavy atom. The van der Waals surface area contributed by atoms with Gasteiger partial charge in [0.25, 0.3) is 0 Å². The van der Waals surface area contributed by atoms with E-state index in [1.807, 2.05) is 62.4 Å². The fourth-order valence-electron chi connectivity index (χ4n) is 2.80. The third kappa shape index (κ3) is 8.32. The lowest BCUT2D eigenvalue weighted by Gasteiger charge is -2.29. The van der Waals surface area contributed by atoms with Gasteiger partial charge in [0.05, 0.1) is 0 Å². The number of nitrogens with one attached hydrogen (secondary N) is 1. The summed E-state index contributed by atoms with van der Waals surface area (Å²) in [5, 5.41) is 3.63. The highest BCUT2D eigenvalue weighted by molar-refractivity contribution is 9.10. The highest BCUT2D eigenvalue weighted by Gasteiger charge is 2.26. The largest absolute Gasteiger partial charge is 0.354 e. The van der Waals surface area contributed by atoms with Crippen LogP contribution in [0.15, 0.2) is 57.9 Å². The summed E-state index contributed by atoms with van der Waals surface area (Å²) in [5.41, 5.74) is 0.978. The van der Waals surface area contributed by atoms with Crippen LogP contribution in [-0.2, 0) is 16.1 Å². The molecule has 0 spiro atoms. The van der Waals surface area contributed by atoms with Gasteiger partial charge in [-0.15, -0.1) is 11.8 Å². The van der Waals surface area contributed by atoms with Crippen molar-refractivity contribution in [3.63, 3.8) is 0 Å². The quantitative estimate of drug-likeness (QED) is 0.412. The number of carbonyl (C=O) groups excluding carboxylic acids is 2. The van der Waals surface area contributed by atoms with Crippen molar-refractivity contribution in [2.75, 3.05) is 12.3 Å². The van der Waals surface area contributed by atoms with Gasteiger partial charge in [0.1, 0.15) is 6.04 Å². The fourth-order valence-corrected chi connectivity index (χ4v) is 4.21. The Kier molecular flexibility index (Phi) is 10.2. The van der Waals surface area contributed by atoms with Crippen molar-refractivity contribution in [1.29, 1.82) is 0 Å². The number of nitrogens with zero attached hydrogens (tertiary/aromatic N) is 1. The van der Waals surface area contributed by atoms with Gasteiger partial charge in [-0.1, -0.05) is 53.5 Å². The van der Waals surface area contributed by atoms with Crippen LogP contribution in [0, 0.1) is 5.92 Å². The van der Waals surface area contributed by atoms with Crippen molar-refractivity contribution in [2.45, 2.75) is 44.7 Å². The van der Waals surface area contributed by atoms with E-state index in [1.54, 1.807) is 23.6 Å². The van der Waals surface area contributed by atoms with E-state index in [1.165, 1.54) is 0 Å². The van der Waals surface area contributed by atoms with Gasteiger partial charge in [0.15, 0.2) is 0 Å². The average molecular weight is 512 g/mol. The number of benzene rings is 2. The monoisotopic (exact) mass is 510 g/mol. The van der Waals surface area contributed by atoms with Gasteiger partial charge in [-0.05, 0) is 54.8 Å². The lowest BCUT2D eigenvalue weighted by atomic mass is 10.1. The van der Waals surface area contributed by atoms with Crippen LogP contribution in [0.3, 0.4) is 0 Å². The molecule has 2 rings (SSSR count). The molecule has 30 heavy (non-hydrogen) atoms. The second-order valence-electron chi connectivity index (χ2n) is 7.52. The highest BCUT2D eigenvalue weighted by Crippen LogP contribution is 2.22. The van der Waals surface area contributed by atoms with Crippen LogP contribution in [-0.4, -0.2) is 35.1 Å². The maximum Gasteiger partial charge on any atom is 0.242 e. The number of rotatable bonds is 10. The molecule has 1 unspecified atom stereocenters. The molecule has 0 bridgehead atoms. The van der Waals surface area contributed by atoms with Crippen molar-refractivity contribution in [3.8, 4) is 0 Å². The maximum atomic E-state index is 13.1. The number of halogens is 2. The number of carbonyl (C=O) groups is 2. The minimum atomic E-state index is -0.546. The van der Waals surface area contributed by atoms with Crippen LogP contribution in [0.5, 0.6) is 0 Å². The summed E-state index contributed by atoms with van der Waals surface area (Å²) in [6, 6.07) is 14.8. The Morgan fingerprint density at radius 2 is 1.83 bits per heavy atom. The van der Waals surface area contributed by atoms with Crippen molar-refractivity contribution in [2.24, 2.45) is 5.92 Å². The van der Waals surface area contributed by atoms with Gasteiger partial charge < -0.3 is 10.2 Å². The molecular weight excluding hydrogens is 484 g/mol. The van der Waals surface area contributed by atoms with Gasteiger partial charge in [-0.25, -0.2) is 0 Å². The topological polar surface area (TPSA) is 49.4 Å². The molecule has 1 atom stereocenters. The van der Waals surface area contributed by atoms with Crippen LogP contribution in [0.25, 0.3) is 0 Å². The second kappa shape index (κ2) is 12.4. The summed E-state index contributed by atoms with van der Waals surface area (Å²) >= 11 is 11.0. The SMILES string of the molecule is CC(C)CNC(=O)C(C)N(Cc1cccc(Br)c1)C(=O)CCSc1ccc(Cl)cc1. The first-order valence-corrected chi connectivity index (χ1v) is 12.1. The lowest BCUT2D eigenvalue weighted by Crippen LogP contribution is -2.48. The van der Waals surface area contributed by atoms with Crippen LogP contribution in [0.4, 0.5) is 0 Å². The van der Waals surface area contributed by atoms with Crippen LogP contribution in [0.1, 0.15) is 32.8 Å². The van der Waals surface area contributed by atoms with Gasteiger partial charge in [-0.2, -0.15) is 0 Å². The summed E-state index contributed by atoms with van der Waals surface area (Å²) in [6.07, 6.45) is 0.350. The van der Waals surface area contributed by atoms with Gasteiger partial charge >= 0.3 is 0 Å². The Hall–Kier alpha value is -1.50. The molecule has 0 saturated carbocycles. The molecule has 0 radical (unpaired) electrons. The van der Waals surface area contributed by atoms with Crippen LogP contribution < -0.4 is 5.32 Å². The zero-order valence-electron chi connectivity index (χ0n) is 17.5. The molecule has 0 aliphatic rings. The predicted molar refractivity (Wildman–Crippen MR) is 129 cm³/mol. The molecule has 0 aliphatic heterocycles. The molecule has 2 amide bonds. The molecule has 2 aromatic rings. The molecule has 0 heterocycles. The third-order valence-electron chi connectivity index (χ3n) is 4.49. The predicted octanol–water partition coefficient (Wildman–Crippen LogP) is 5.77. The maximum absolute atomic E-state index is 13.1.